The Bertz CT molecular complexity index is 258. The molecule has 0 spiro atoms. The SMILES string of the molecule is CCCC(C)COc1ccc(N)cn1. The van der Waals surface area contributed by atoms with Crippen LogP contribution in [0.4, 0.5) is 5.69 Å². The minimum absolute atomic E-state index is 0.583. The number of nitrogens with two attached hydrogens (primary N) is 1. The zero-order valence-corrected chi connectivity index (χ0v) is 8.86. The van der Waals surface area contributed by atoms with Crippen molar-refractivity contribution >= 4 is 5.69 Å². The van der Waals surface area contributed by atoms with Crippen LogP contribution in [0, 0.1) is 5.92 Å². The molecular formula is C11H18N2O. The van der Waals surface area contributed by atoms with E-state index in [4.69, 9.17) is 10.5 Å². The molecule has 3 heteroatoms. The predicted molar refractivity (Wildman–Crippen MR) is 58.2 cm³/mol. The van der Waals surface area contributed by atoms with Crippen molar-refractivity contribution in [3.8, 4) is 5.88 Å². The second kappa shape index (κ2) is 5.47. The third kappa shape index (κ3) is 3.64. The zero-order valence-electron chi connectivity index (χ0n) is 8.86. The molecule has 0 aliphatic heterocycles. The zero-order chi connectivity index (χ0) is 10.4. The maximum absolute atomic E-state index is 5.51. The number of ether oxygens (including phenoxy) is 1. The fraction of sp³-hybridized carbons (Fsp3) is 0.545. The number of aromatic nitrogens is 1. The van der Waals surface area contributed by atoms with E-state index in [-0.39, 0.29) is 0 Å². The van der Waals surface area contributed by atoms with Crippen LogP contribution in [0.5, 0.6) is 5.88 Å². The molecule has 1 rings (SSSR count). The van der Waals surface area contributed by atoms with E-state index in [0.29, 0.717) is 17.5 Å². The molecule has 1 unspecified atom stereocenters. The molecule has 0 aliphatic rings. The first-order valence-electron chi connectivity index (χ1n) is 5.06. The fourth-order valence-electron chi connectivity index (χ4n) is 1.28. The van der Waals surface area contributed by atoms with Crippen LogP contribution in [-0.2, 0) is 0 Å². The number of nitrogen functional groups attached to an aromatic ring is 1. The first-order valence-corrected chi connectivity index (χ1v) is 5.06. The van der Waals surface area contributed by atoms with Crippen LogP contribution in [0.3, 0.4) is 0 Å². The molecule has 14 heavy (non-hydrogen) atoms. The van der Waals surface area contributed by atoms with Crippen molar-refractivity contribution in [2.45, 2.75) is 26.7 Å². The molecule has 0 saturated carbocycles. The van der Waals surface area contributed by atoms with Gasteiger partial charge in [-0.3, -0.25) is 0 Å². The van der Waals surface area contributed by atoms with Crippen LogP contribution in [0.1, 0.15) is 26.7 Å². The van der Waals surface area contributed by atoms with Crippen LogP contribution in [0.2, 0.25) is 0 Å². The molecule has 0 amide bonds. The number of hydrogen-bond donors (Lipinski definition) is 1. The van der Waals surface area contributed by atoms with E-state index in [1.165, 1.54) is 12.8 Å². The number of nitrogens with zero attached hydrogens (tertiary/aromatic N) is 1. The molecule has 0 aromatic carbocycles. The molecule has 0 bridgehead atoms. The van der Waals surface area contributed by atoms with E-state index in [1.54, 1.807) is 18.3 Å². The summed E-state index contributed by atoms with van der Waals surface area (Å²) in [5.41, 5.74) is 6.18. The van der Waals surface area contributed by atoms with Crippen molar-refractivity contribution in [3.63, 3.8) is 0 Å². The van der Waals surface area contributed by atoms with Gasteiger partial charge >= 0.3 is 0 Å². The third-order valence-corrected chi connectivity index (χ3v) is 2.06. The van der Waals surface area contributed by atoms with E-state index >= 15 is 0 Å². The van der Waals surface area contributed by atoms with Crippen molar-refractivity contribution < 1.29 is 4.74 Å². The lowest BCUT2D eigenvalue weighted by atomic mass is 10.1. The van der Waals surface area contributed by atoms with Crippen LogP contribution in [0.15, 0.2) is 18.3 Å². The molecule has 1 aromatic rings. The van der Waals surface area contributed by atoms with Gasteiger partial charge in [0.1, 0.15) is 0 Å². The van der Waals surface area contributed by atoms with Gasteiger partial charge in [-0.15, -0.1) is 0 Å². The van der Waals surface area contributed by atoms with Crippen molar-refractivity contribution in [3.05, 3.63) is 18.3 Å². The Morgan fingerprint density at radius 2 is 2.29 bits per heavy atom. The highest BCUT2D eigenvalue weighted by Crippen LogP contribution is 2.11. The van der Waals surface area contributed by atoms with Crippen LogP contribution in [-0.4, -0.2) is 11.6 Å². The van der Waals surface area contributed by atoms with E-state index < -0.39 is 0 Å². The monoisotopic (exact) mass is 194 g/mol. The van der Waals surface area contributed by atoms with Gasteiger partial charge in [0.2, 0.25) is 5.88 Å². The predicted octanol–water partition coefficient (Wildman–Crippen LogP) is 2.48. The summed E-state index contributed by atoms with van der Waals surface area (Å²) in [5, 5.41) is 0. The fourth-order valence-corrected chi connectivity index (χ4v) is 1.28. The number of pyridine rings is 1. The summed E-state index contributed by atoms with van der Waals surface area (Å²) in [6.07, 6.45) is 3.99. The summed E-state index contributed by atoms with van der Waals surface area (Å²) < 4.78 is 5.51. The van der Waals surface area contributed by atoms with Gasteiger partial charge in [0.15, 0.2) is 0 Å². The lowest BCUT2D eigenvalue weighted by molar-refractivity contribution is 0.243. The van der Waals surface area contributed by atoms with Gasteiger partial charge in [0, 0.05) is 6.07 Å². The van der Waals surface area contributed by atoms with Crippen molar-refractivity contribution in [2.24, 2.45) is 5.92 Å². The minimum Gasteiger partial charge on any atom is -0.477 e. The standard InChI is InChI=1S/C11H18N2O/c1-3-4-9(2)8-14-11-6-5-10(12)7-13-11/h5-7,9H,3-4,8,12H2,1-2H3. The largest absolute Gasteiger partial charge is 0.477 e. The number of hydrogen-bond acceptors (Lipinski definition) is 3. The Balaban J connectivity index is 2.34. The van der Waals surface area contributed by atoms with Gasteiger partial charge in [-0.1, -0.05) is 20.3 Å². The summed E-state index contributed by atoms with van der Waals surface area (Å²) in [6, 6.07) is 3.60. The van der Waals surface area contributed by atoms with Crippen molar-refractivity contribution in [1.82, 2.24) is 4.98 Å². The van der Waals surface area contributed by atoms with Gasteiger partial charge in [-0.25, -0.2) is 4.98 Å². The molecule has 2 N–H and O–H groups in total. The highest BCUT2D eigenvalue weighted by molar-refractivity contribution is 5.35. The summed E-state index contributed by atoms with van der Waals surface area (Å²) in [5.74, 6) is 1.24. The number of anilines is 1. The topological polar surface area (TPSA) is 48.1 Å². The van der Waals surface area contributed by atoms with Gasteiger partial charge in [0.25, 0.3) is 0 Å². The van der Waals surface area contributed by atoms with Crippen molar-refractivity contribution in [2.75, 3.05) is 12.3 Å². The van der Waals surface area contributed by atoms with Gasteiger partial charge < -0.3 is 10.5 Å². The summed E-state index contributed by atoms with van der Waals surface area (Å²) in [6.45, 7) is 5.09. The first-order chi connectivity index (χ1) is 6.72. The molecule has 0 aliphatic carbocycles. The molecule has 1 heterocycles. The molecular weight excluding hydrogens is 176 g/mol. The average molecular weight is 194 g/mol. The second-order valence-corrected chi connectivity index (χ2v) is 3.63. The number of rotatable bonds is 5. The molecule has 78 valence electrons. The normalized spacial score (nSPS) is 12.4. The summed E-state index contributed by atoms with van der Waals surface area (Å²) in [4.78, 5) is 4.06. The lowest BCUT2D eigenvalue weighted by Crippen LogP contribution is -2.08. The second-order valence-electron chi connectivity index (χ2n) is 3.63. The molecule has 0 saturated heterocycles. The lowest BCUT2D eigenvalue weighted by Gasteiger charge is -2.10. The van der Waals surface area contributed by atoms with Crippen LogP contribution >= 0.6 is 0 Å². The summed E-state index contributed by atoms with van der Waals surface area (Å²) >= 11 is 0. The third-order valence-electron chi connectivity index (χ3n) is 2.06. The van der Waals surface area contributed by atoms with Gasteiger partial charge in [-0.2, -0.15) is 0 Å². The molecule has 1 aromatic heterocycles. The maximum atomic E-state index is 5.51. The highest BCUT2D eigenvalue weighted by atomic mass is 16.5. The Kier molecular flexibility index (Phi) is 4.23. The molecule has 0 radical (unpaired) electrons. The van der Waals surface area contributed by atoms with E-state index in [1.807, 2.05) is 0 Å². The molecule has 3 nitrogen and oxygen atoms in total. The van der Waals surface area contributed by atoms with Crippen molar-refractivity contribution in [1.29, 1.82) is 0 Å². The van der Waals surface area contributed by atoms with E-state index in [0.717, 1.165) is 6.61 Å². The Labute approximate surface area is 85.3 Å². The van der Waals surface area contributed by atoms with Gasteiger partial charge in [-0.05, 0) is 18.4 Å². The maximum Gasteiger partial charge on any atom is 0.213 e. The van der Waals surface area contributed by atoms with Crippen LogP contribution in [0.25, 0.3) is 0 Å². The average Bonchev–Trinajstić information content (AvgIpc) is 2.17. The van der Waals surface area contributed by atoms with Crippen LogP contribution < -0.4 is 10.5 Å². The highest BCUT2D eigenvalue weighted by Gasteiger charge is 2.02. The Morgan fingerprint density at radius 1 is 1.50 bits per heavy atom. The van der Waals surface area contributed by atoms with Gasteiger partial charge in [0.05, 0.1) is 18.5 Å². The van der Waals surface area contributed by atoms with E-state index in [2.05, 4.69) is 18.8 Å². The quantitative estimate of drug-likeness (QED) is 0.783. The molecule has 0 fully saturated rings. The van der Waals surface area contributed by atoms with E-state index in [9.17, 15) is 0 Å². The minimum atomic E-state index is 0.583. The Hall–Kier alpha value is -1.25. The first kappa shape index (κ1) is 10.8. The molecule has 1 atom stereocenters. The Morgan fingerprint density at radius 3 is 2.86 bits per heavy atom. The summed E-state index contributed by atoms with van der Waals surface area (Å²) in [7, 11) is 0. The smallest absolute Gasteiger partial charge is 0.213 e.